The number of allylic oxidation sites excluding steroid dienone is 1. The molecule has 2 rings (SSSR count). The van der Waals surface area contributed by atoms with Gasteiger partial charge in [-0.15, -0.1) is 0 Å². The molecular formula is C9H11BrO2. The third-order valence-electron chi connectivity index (χ3n) is 2.68. The van der Waals surface area contributed by atoms with Crippen LogP contribution >= 0.6 is 15.9 Å². The first-order valence-electron chi connectivity index (χ1n) is 4.26. The van der Waals surface area contributed by atoms with Gasteiger partial charge in [0.2, 0.25) is 0 Å². The Morgan fingerprint density at radius 2 is 2.42 bits per heavy atom. The van der Waals surface area contributed by atoms with Crippen LogP contribution in [0.1, 0.15) is 19.8 Å². The van der Waals surface area contributed by atoms with Crippen LogP contribution < -0.4 is 0 Å². The predicted octanol–water partition coefficient (Wildman–Crippen LogP) is 2.24. The van der Waals surface area contributed by atoms with E-state index in [-0.39, 0.29) is 23.9 Å². The summed E-state index contributed by atoms with van der Waals surface area (Å²) in [6.45, 7) is 1.96. The van der Waals surface area contributed by atoms with Gasteiger partial charge >= 0.3 is 5.97 Å². The van der Waals surface area contributed by atoms with Crippen molar-refractivity contribution in [2.24, 2.45) is 11.8 Å². The fourth-order valence-corrected chi connectivity index (χ4v) is 2.99. The number of cyclic esters (lactones) is 1. The van der Waals surface area contributed by atoms with Gasteiger partial charge in [0.05, 0.1) is 5.92 Å². The topological polar surface area (TPSA) is 26.3 Å². The molecule has 1 heterocycles. The first kappa shape index (κ1) is 8.30. The first-order chi connectivity index (χ1) is 5.70. The Morgan fingerprint density at radius 1 is 1.67 bits per heavy atom. The molecule has 66 valence electrons. The zero-order valence-corrected chi connectivity index (χ0v) is 8.50. The summed E-state index contributed by atoms with van der Waals surface area (Å²) in [5.74, 6) is 0.378. The molecule has 3 atom stereocenters. The molecular weight excluding hydrogens is 220 g/mol. The summed E-state index contributed by atoms with van der Waals surface area (Å²) in [6.07, 6.45) is 4.14. The van der Waals surface area contributed by atoms with Crippen molar-refractivity contribution >= 4 is 21.9 Å². The molecule has 0 radical (unpaired) electrons. The summed E-state index contributed by atoms with van der Waals surface area (Å²) in [6, 6.07) is 0. The second kappa shape index (κ2) is 2.87. The smallest absolute Gasteiger partial charge is 0.310 e. The Bertz CT molecular complexity index is 247. The van der Waals surface area contributed by atoms with Gasteiger partial charge < -0.3 is 4.74 Å². The van der Waals surface area contributed by atoms with Crippen LogP contribution in [0.2, 0.25) is 0 Å². The fraction of sp³-hybridized carbons (Fsp3) is 0.667. The molecule has 0 aromatic rings. The van der Waals surface area contributed by atoms with Crippen molar-refractivity contribution in [1.29, 1.82) is 0 Å². The van der Waals surface area contributed by atoms with Gasteiger partial charge in [-0.25, -0.2) is 0 Å². The summed E-state index contributed by atoms with van der Waals surface area (Å²) >= 11 is 3.49. The van der Waals surface area contributed by atoms with Crippen molar-refractivity contribution < 1.29 is 9.53 Å². The van der Waals surface area contributed by atoms with E-state index in [0.29, 0.717) is 0 Å². The van der Waals surface area contributed by atoms with Crippen LogP contribution in [0.15, 0.2) is 10.6 Å². The molecule has 0 aromatic carbocycles. The second-order valence-corrected chi connectivity index (χ2v) is 4.36. The lowest BCUT2D eigenvalue weighted by atomic mass is 9.83. The number of hydrogen-bond donors (Lipinski definition) is 0. The molecule has 1 fully saturated rings. The molecule has 12 heavy (non-hydrogen) atoms. The van der Waals surface area contributed by atoms with Crippen molar-refractivity contribution in [3.8, 4) is 0 Å². The SMILES string of the molecule is C[C@@H]1OC(=O)[C@@H]2CCC=C(Br)[C@@H]12. The Morgan fingerprint density at radius 3 is 3.08 bits per heavy atom. The number of carbonyl (C=O) groups is 1. The van der Waals surface area contributed by atoms with Crippen LogP contribution in [-0.2, 0) is 9.53 Å². The summed E-state index contributed by atoms with van der Waals surface area (Å²) < 4.78 is 6.32. The van der Waals surface area contributed by atoms with Gasteiger partial charge in [0.1, 0.15) is 6.10 Å². The monoisotopic (exact) mass is 230 g/mol. The lowest BCUT2D eigenvalue weighted by Crippen LogP contribution is -2.21. The van der Waals surface area contributed by atoms with E-state index in [4.69, 9.17) is 4.74 Å². The number of fused-ring (bicyclic) bond motifs is 1. The zero-order chi connectivity index (χ0) is 8.72. The highest BCUT2D eigenvalue weighted by atomic mass is 79.9. The summed E-state index contributed by atoms with van der Waals surface area (Å²) in [4.78, 5) is 11.3. The molecule has 1 aliphatic heterocycles. The largest absolute Gasteiger partial charge is 0.462 e. The molecule has 2 aliphatic rings. The third kappa shape index (κ3) is 1.11. The van der Waals surface area contributed by atoms with Crippen molar-refractivity contribution in [3.63, 3.8) is 0 Å². The number of carbonyl (C=O) groups excluding carboxylic acids is 1. The standard InChI is InChI=1S/C9H11BrO2/c1-5-8-6(9(11)12-5)3-2-4-7(8)10/h4-6,8H,2-3H2,1H3/t5-,6+,8-/m0/s1. The van der Waals surface area contributed by atoms with Crippen LogP contribution in [-0.4, -0.2) is 12.1 Å². The van der Waals surface area contributed by atoms with E-state index < -0.39 is 0 Å². The van der Waals surface area contributed by atoms with E-state index in [1.54, 1.807) is 0 Å². The molecule has 2 nitrogen and oxygen atoms in total. The second-order valence-electron chi connectivity index (χ2n) is 3.44. The molecule has 3 heteroatoms. The van der Waals surface area contributed by atoms with Gasteiger partial charge in [0, 0.05) is 5.92 Å². The van der Waals surface area contributed by atoms with Gasteiger partial charge in [-0.05, 0) is 24.2 Å². The van der Waals surface area contributed by atoms with E-state index in [9.17, 15) is 4.79 Å². The average Bonchev–Trinajstić information content (AvgIpc) is 2.29. The molecule has 0 bridgehead atoms. The molecule has 0 amide bonds. The maximum atomic E-state index is 11.3. The van der Waals surface area contributed by atoms with Crippen LogP contribution in [0, 0.1) is 11.8 Å². The Balaban J connectivity index is 2.29. The van der Waals surface area contributed by atoms with E-state index in [1.165, 1.54) is 0 Å². The number of ether oxygens (including phenoxy) is 1. The summed E-state index contributed by atoms with van der Waals surface area (Å²) in [7, 11) is 0. The number of halogens is 1. The lowest BCUT2D eigenvalue weighted by molar-refractivity contribution is -0.143. The van der Waals surface area contributed by atoms with Crippen molar-refractivity contribution in [1.82, 2.24) is 0 Å². The van der Waals surface area contributed by atoms with E-state index in [0.717, 1.165) is 17.3 Å². The lowest BCUT2D eigenvalue weighted by Gasteiger charge is -2.21. The highest BCUT2D eigenvalue weighted by Gasteiger charge is 2.44. The van der Waals surface area contributed by atoms with E-state index >= 15 is 0 Å². The molecule has 0 spiro atoms. The Hall–Kier alpha value is -0.310. The average molecular weight is 231 g/mol. The van der Waals surface area contributed by atoms with Gasteiger partial charge in [-0.1, -0.05) is 22.0 Å². The van der Waals surface area contributed by atoms with Crippen LogP contribution in [0.3, 0.4) is 0 Å². The van der Waals surface area contributed by atoms with Gasteiger partial charge in [-0.3, -0.25) is 4.79 Å². The maximum Gasteiger partial charge on any atom is 0.310 e. The van der Waals surface area contributed by atoms with E-state index in [2.05, 4.69) is 22.0 Å². The van der Waals surface area contributed by atoms with Gasteiger partial charge in [0.25, 0.3) is 0 Å². The Kier molecular flexibility index (Phi) is 1.99. The van der Waals surface area contributed by atoms with Crippen LogP contribution in [0.5, 0.6) is 0 Å². The highest BCUT2D eigenvalue weighted by Crippen LogP contribution is 2.42. The highest BCUT2D eigenvalue weighted by molar-refractivity contribution is 9.11. The van der Waals surface area contributed by atoms with Crippen molar-refractivity contribution in [2.75, 3.05) is 0 Å². The molecule has 1 aliphatic carbocycles. The molecule has 1 saturated heterocycles. The molecule has 0 unspecified atom stereocenters. The third-order valence-corrected chi connectivity index (χ3v) is 3.53. The van der Waals surface area contributed by atoms with Crippen LogP contribution in [0.25, 0.3) is 0 Å². The zero-order valence-electron chi connectivity index (χ0n) is 6.92. The van der Waals surface area contributed by atoms with E-state index in [1.807, 2.05) is 6.92 Å². The minimum atomic E-state index is -0.0162. The minimum Gasteiger partial charge on any atom is -0.462 e. The predicted molar refractivity (Wildman–Crippen MR) is 48.8 cm³/mol. The number of hydrogen-bond acceptors (Lipinski definition) is 2. The fourth-order valence-electron chi connectivity index (χ4n) is 2.07. The number of rotatable bonds is 0. The minimum absolute atomic E-state index is 0.0162. The van der Waals surface area contributed by atoms with Gasteiger partial charge in [0.15, 0.2) is 0 Å². The Labute approximate surface area is 80.1 Å². The molecule has 0 N–H and O–H groups in total. The van der Waals surface area contributed by atoms with Crippen molar-refractivity contribution in [2.45, 2.75) is 25.9 Å². The summed E-state index contributed by atoms with van der Waals surface area (Å²) in [5.41, 5.74) is 0. The maximum absolute atomic E-state index is 11.3. The quantitative estimate of drug-likeness (QED) is 0.597. The van der Waals surface area contributed by atoms with Crippen molar-refractivity contribution in [3.05, 3.63) is 10.6 Å². The first-order valence-corrected chi connectivity index (χ1v) is 5.05. The molecule has 0 aromatic heterocycles. The number of esters is 1. The van der Waals surface area contributed by atoms with Crippen LogP contribution in [0.4, 0.5) is 0 Å². The normalized spacial score (nSPS) is 40.3. The van der Waals surface area contributed by atoms with Gasteiger partial charge in [-0.2, -0.15) is 0 Å². The molecule has 0 saturated carbocycles. The summed E-state index contributed by atoms with van der Waals surface area (Å²) in [5, 5.41) is 0.